The Bertz CT molecular complexity index is 67.0. The Balaban J connectivity index is 0. The van der Waals surface area contributed by atoms with Crippen molar-refractivity contribution in [2.24, 2.45) is 0 Å². The van der Waals surface area contributed by atoms with Crippen LogP contribution in [0.5, 0.6) is 0 Å². The fourth-order valence-corrected chi connectivity index (χ4v) is 0. The van der Waals surface area contributed by atoms with Gasteiger partial charge in [0, 0.05) is 0 Å². The third-order valence-electron chi connectivity index (χ3n) is 0. The Morgan fingerprint density at radius 3 is 0.0299 bits per heavy atom. The number of hydrogen-bond acceptors (Lipinski definition) is 0. The van der Waals surface area contributed by atoms with E-state index < -0.39 is 0 Å². The van der Waals surface area contributed by atoms with Gasteiger partial charge in [0.15, 0.2) is 0 Å². The van der Waals surface area contributed by atoms with E-state index in [1.165, 1.54) is 0 Å². The van der Waals surface area contributed by atoms with E-state index in [2.05, 4.69) is 0 Å². The van der Waals surface area contributed by atoms with Crippen LogP contribution in [0.15, 0.2) is 0 Å². The van der Waals surface area contributed by atoms with E-state index >= 15 is 0 Å². The molecule has 0 aromatic carbocycles. The summed E-state index contributed by atoms with van der Waals surface area (Å²) < 4.78 is 0. The van der Waals surface area contributed by atoms with Gasteiger partial charge in [-0.25, -0.2) is 0 Å². The van der Waals surface area contributed by atoms with Gasteiger partial charge < -0.3 is 186 Å². The van der Waals surface area contributed by atoms with Crippen molar-refractivity contribution < 1.29 is 186 Å². The van der Waals surface area contributed by atoms with Gasteiger partial charge >= 0.3 is 334 Å². The van der Waals surface area contributed by atoms with E-state index in [0.29, 0.717) is 0 Å². The van der Waals surface area contributed by atoms with Crippen molar-refractivity contribution in [3.8, 4) is 0 Å². The first kappa shape index (κ1) is 19800. The molecule has 67 heavy (non-hydrogen) atoms. The molecule has 0 fully saturated rings. The first-order valence-electron chi connectivity index (χ1n) is 0. The maximum atomic E-state index is 0. The van der Waals surface area contributed by atoms with Gasteiger partial charge in [-0.15, -0.1) is 0 Å². The molecular formula is H134Be33O34. The monoisotopic (exact) mass is 976 g/mol. The Hall–Kier alpha value is 4.21. The predicted octanol–water partition coefficient (Wildman–Crippen LogP) is -58.3. The zero-order chi connectivity index (χ0) is 0. The normalized spacial score (nSPS) is 0. The van der Waals surface area contributed by atoms with Crippen LogP contribution in [0.1, 0.15) is 0 Å². The van der Waals surface area contributed by atoms with Crippen LogP contribution >= 0.6 is 0 Å². The summed E-state index contributed by atoms with van der Waals surface area (Å²) in [6.07, 6.45) is 0. The maximum absolute atomic E-state index is 0. The van der Waals surface area contributed by atoms with Crippen LogP contribution in [0.25, 0.3) is 0 Å². The molecule has 0 aromatic heterocycles. The Labute approximate surface area is 517 Å². The molecule has 68 N–H and O–H groups in total. The van der Waals surface area contributed by atoms with Crippen molar-refractivity contribution in [2.45, 2.75) is 0 Å². The Morgan fingerprint density at radius 2 is 0.0299 bits per heavy atom. The minimum atomic E-state index is 0. The molecule has 0 saturated carbocycles. The summed E-state index contributed by atoms with van der Waals surface area (Å²) in [6, 6.07) is 0. The number of rotatable bonds is 0. The molecule has 0 aliphatic rings. The topological polar surface area (TPSA) is 1070 Å². The summed E-state index contributed by atoms with van der Waals surface area (Å²) in [7, 11) is 0. The molecule has 0 atom stereocenters. The van der Waals surface area contributed by atoms with Gasteiger partial charge in [0.2, 0.25) is 0 Å². The first-order valence-corrected chi connectivity index (χ1v) is 0. The van der Waals surface area contributed by atoms with Gasteiger partial charge in [0.05, 0.1) is 0 Å². The molecule has 0 amide bonds. The van der Waals surface area contributed by atoms with E-state index in [-0.39, 0.29) is 520 Å². The molecule has 0 spiro atoms. The summed E-state index contributed by atoms with van der Waals surface area (Å²) in [6.45, 7) is 0. The van der Waals surface area contributed by atoms with Crippen molar-refractivity contribution in [1.82, 2.24) is 0 Å². The van der Waals surface area contributed by atoms with Crippen molar-refractivity contribution in [1.29, 1.82) is 0 Å². The summed E-state index contributed by atoms with van der Waals surface area (Å²) in [5, 5.41) is 0. The summed E-state index contributed by atoms with van der Waals surface area (Å²) in [4.78, 5) is 0. The third kappa shape index (κ3) is 18400. The average Bonchev–Trinajstić information content (AvgIpc) is 0. The zero-order valence-electron chi connectivity index (χ0n) is 17.0. The summed E-state index contributed by atoms with van der Waals surface area (Å²) in [5.41, 5.74) is 0. The van der Waals surface area contributed by atoms with E-state index in [4.69, 9.17) is 0 Å². The van der Waals surface area contributed by atoms with Crippen LogP contribution < -0.4 is 0 Å². The van der Waals surface area contributed by atoms with Crippen LogP contribution in [-0.4, -0.2) is 520 Å². The van der Waals surface area contributed by atoms with Gasteiger partial charge in [-0.3, -0.25) is 0 Å². The fraction of sp³-hybridized carbons (Fsp3) is 0. The Kier molecular flexibility index (Phi) is 5600000. The van der Waals surface area contributed by atoms with E-state index in [0.717, 1.165) is 0 Å². The molecule has 0 heterocycles. The second-order valence-electron chi connectivity index (χ2n) is 0. The molecule has 0 aliphatic heterocycles. The van der Waals surface area contributed by atoms with Gasteiger partial charge in [0.25, 0.3) is 0 Å². The molecule has 0 aliphatic carbocycles. The van der Waals surface area contributed by atoms with Crippen LogP contribution in [0.4, 0.5) is 0 Å². The number of hydrogen-bond donors (Lipinski definition) is 0. The average molecular weight is 976 g/mol. The van der Waals surface area contributed by atoms with Gasteiger partial charge in [0.1, 0.15) is 0 Å². The third-order valence-corrected chi connectivity index (χ3v) is 0. The van der Waals surface area contributed by atoms with E-state index in [1.807, 2.05) is 0 Å². The molecule has 0 rings (SSSR count). The van der Waals surface area contributed by atoms with Crippen LogP contribution in [-0.2, 0) is 0 Å². The quantitative estimate of drug-likeness (QED) is 0.204. The standard InChI is InChI=1S/33Be.34H2O.66H/h;;;;;;;;;;;;;;;;;;;;;;;;;;;;;;;;;34*1H2;;;;;;;;;;;;;;;;;;;;;;;;;;;;;;;;;;;;;;;;;;;;;;;;;;;;;;;;;;;;;;;;;;. The van der Waals surface area contributed by atoms with Crippen molar-refractivity contribution >= 4 is 334 Å². The molecule has 0 saturated heterocycles. The summed E-state index contributed by atoms with van der Waals surface area (Å²) >= 11 is 0. The SMILES string of the molecule is O.O.O.O.O.O.O.O.O.O.O.O.O.O.O.O.O.O.O.O.O.O.O.O.O.O.O.O.O.O.O.O.O.O.[BeH2].[BeH2].[BeH2].[BeH2].[BeH2].[BeH2].[BeH2].[BeH2].[BeH2].[BeH2].[BeH2].[BeH2].[BeH2].[BeH2].[BeH2].[BeH2].[BeH2].[BeH2].[BeH2].[BeH2].[BeH2].[BeH2].[BeH2].[BeH2].[BeH2].[BeH2].[BeH2].[BeH2].[BeH2].[BeH2].[BeH2].[BeH2].[BeH2]. The van der Waals surface area contributed by atoms with Crippen molar-refractivity contribution in [2.75, 3.05) is 0 Å². The molecule has 0 radical (unpaired) electrons. The first-order chi connectivity index (χ1) is 0. The predicted molar refractivity (Wildman–Crippen MR) is 405 cm³/mol. The second-order valence-corrected chi connectivity index (χ2v) is 0. The van der Waals surface area contributed by atoms with Crippen LogP contribution in [0.3, 0.4) is 0 Å². The minimum absolute atomic E-state index is 0. The zero-order valence-corrected chi connectivity index (χ0v) is 17.0. The summed E-state index contributed by atoms with van der Waals surface area (Å²) in [5.74, 6) is 0. The molecule has 0 bridgehead atoms. The molecule has 67 heteroatoms. The molecule has 0 aromatic rings. The molecule has 0 unspecified atom stereocenters. The van der Waals surface area contributed by atoms with E-state index in [9.17, 15) is 0 Å². The van der Waals surface area contributed by atoms with Crippen molar-refractivity contribution in [3.63, 3.8) is 0 Å². The van der Waals surface area contributed by atoms with Gasteiger partial charge in [-0.1, -0.05) is 0 Å². The molecular weight excluding hydrogens is 841 g/mol. The Morgan fingerprint density at radius 1 is 0.0299 bits per heavy atom. The van der Waals surface area contributed by atoms with E-state index in [1.54, 1.807) is 0 Å². The fourth-order valence-electron chi connectivity index (χ4n) is 0. The second kappa shape index (κ2) is 19000. The van der Waals surface area contributed by atoms with Crippen molar-refractivity contribution in [3.05, 3.63) is 0 Å². The van der Waals surface area contributed by atoms with Crippen LogP contribution in [0, 0.1) is 0 Å². The van der Waals surface area contributed by atoms with Gasteiger partial charge in [-0.2, -0.15) is 0 Å². The molecule has 34 nitrogen and oxygen atoms in total. The molecule has 404 valence electrons. The van der Waals surface area contributed by atoms with Crippen LogP contribution in [0.2, 0.25) is 0 Å². The van der Waals surface area contributed by atoms with Gasteiger partial charge in [-0.05, 0) is 0 Å².